The van der Waals surface area contributed by atoms with E-state index in [-0.39, 0.29) is 0 Å². The second kappa shape index (κ2) is 4.02. The molecule has 0 aliphatic carbocycles. The van der Waals surface area contributed by atoms with Crippen molar-refractivity contribution in [3.8, 4) is 10.9 Å². The molecular formula is C10H7NO2S. The van der Waals surface area contributed by atoms with Crippen LogP contribution in [0.5, 0.6) is 10.9 Å². The molecule has 1 heterocycles. The molecule has 0 aliphatic heterocycles. The van der Waals surface area contributed by atoms with Crippen LogP contribution in [-0.4, -0.2) is 11.3 Å². The molecule has 0 radical (unpaired) electrons. The molecule has 0 atom stereocenters. The third kappa shape index (κ3) is 1.97. The second-order valence-corrected chi connectivity index (χ2v) is 3.44. The Labute approximate surface area is 85.0 Å². The van der Waals surface area contributed by atoms with E-state index in [1.54, 1.807) is 30.5 Å². The van der Waals surface area contributed by atoms with E-state index in [0.717, 1.165) is 6.29 Å². The van der Waals surface area contributed by atoms with Gasteiger partial charge in [-0.3, -0.25) is 4.79 Å². The van der Waals surface area contributed by atoms with Gasteiger partial charge in [0.1, 0.15) is 12.0 Å². The van der Waals surface area contributed by atoms with Crippen molar-refractivity contribution in [2.75, 3.05) is 0 Å². The van der Waals surface area contributed by atoms with Gasteiger partial charge in [0.25, 0.3) is 5.19 Å². The summed E-state index contributed by atoms with van der Waals surface area (Å²) >= 11 is 1.42. The Morgan fingerprint density at radius 1 is 1.29 bits per heavy atom. The van der Waals surface area contributed by atoms with Crippen LogP contribution in [0.4, 0.5) is 0 Å². The molecule has 14 heavy (non-hydrogen) atoms. The molecule has 3 nitrogen and oxygen atoms in total. The van der Waals surface area contributed by atoms with E-state index in [9.17, 15) is 4.79 Å². The van der Waals surface area contributed by atoms with Gasteiger partial charge in [0.15, 0.2) is 0 Å². The molecule has 0 fully saturated rings. The maximum Gasteiger partial charge on any atom is 0.278 e. The molecule has 0 unspecified atom stereocenters. The molecule has 0 saturated heterocycles. The van der Waals surface area contributed by atoms with Gasteiger partial charge in [0.05, 0.1) is 0 Å². The molecule has 0 saturated carbocycles. The predicted octanol–water partition coefficient (Wildman–Crippen LogP) is 2.75. The normalized spacial score (nSPS) is 9.71. The summed E-state index contributed by atoms with van der Waals surface area (Å²) in [6.07, 6.45) is 2.48. The van der Waals surface area contributed by atoms with Crippen molar-refractivity contribution in [1.82, 2.24) is 4.98 Å². The van der Waals surface area contributed by atoms with Crippen molar-refractivity contribution in [3.05, 3.63) is 41.4 Å². The summed E-state index contributed by atoms with van der Waals surface area (Å²) in [7, 11) is 0. The Kier molecular flexibility index (Phi) is 2.55. The lowest BCUT2D eigenvalue weighted by Crippen LogP contribution is -1.83. The molecule has 4 heteroatoms. The minimum absolute atomic E-state index is 0.601. The SMILES string of the molecule is O=Cc1ccc(Oc2nccs2)cc1. The summed E-state index contributed by atoms with van der Waals surface area (Å²) in [5.74, 6) is 0.686. The number of carbonyl (C=O) groups excluding carboxylic acids is 1. The number of hydrogen-bond acceptors (Lipinski definition) is 4. The summed E-state index contributed by atoms with van der Waals surface area (Å²) in [6.45, 7) is 0. The van der Waals surface area contributed by atoms with E-state index in [1.165, 1.54) is 11.3 Å². The number of ether oxygens (including phenoxy) is 1. The lowest BCUT2D eigenvalue weighted by Gasteiger charge is -2.00. The fourth-order valence-corrected chi connectivity index (χ4v) is 1.48. The minimum Gasteiger partial charge on any atom is -0.431 e. The number of nitrogens with zero attached hydrogens (tertiary/aromatic N) is 1. The Morgan fingerprint density at radius 2 is 2.07 bits per heavy atom. The van der Waals surface area contributed by atoms with Gasteiger partial charge in [0.2, 0.25) is 0 Å². The number of aromatic nitrogens is 1. The second-order valence-electron chi connectivity index (χ2n) is 2.59. The van der Waals surface area contributed by atoms with Crippen LogP contribution in [0, 0.1) is 0 Å². The first-order chi connectivity index (χ1) is 6.88. The molecule has 70 valence electrons. The number of hydrogen-bond donors (Lipinski definition) is 0. The van der Waals surface area contributed by atoms with Gasteiger partial charge in [-0.05, 0) is 24.3 Å². The van der Waals surface area contributed by atoms with Crippen LogP contribution < -0.4 is 4.74 Å². The topological polar surface area (TPSA) is 39.2 Å². The highest BCUT2D eigenvalue weighted by atomic mass is 32.1. The van der Waals surface area contributed by atoms with E-state index >= 15 is 0 Å². The summed E-state index contributed by atoms with van der Waals surface area (Å²) < 4.78 is 5.41. The van der Waals surface area contributed by atoms with Crippen molar-refractivity contribution in [3.63, 3.8) is 0 Å². The van der Waals surface area contributed by atoms with Crippen molar-refractivity contribution in [2.45, 2.75) is 0 Å². The molecule has 0 aliphatic rings. The lowest BCUT2D eigenvalue weighted by atomic mass is 10.2. The van der Waals surface area contributed by atoms with Gasteiger partial charge in [-0.1, -0.05) is 11.3 Å². The minimum atomic E-state index is 0.601. The highest BCUT2D eigenvalue weighted by molar-refractivity contribution is 7.11. The molecule has 0 spiro atoms. The summed E-state index contributed by atoms with van der Waals surface area (Å²) in [5, 5.41) is 2.44. The van der Waals surface area contributed by atoms with E-state index in [0.29, 0.717) is 16.5 Å². The smallest absolute Gasteiger partial charge is 0.278 e. The molecule has 0 amide bonds. The van der Waals surface area contributed by atoms with Gasteiger partial charge in [-0.25, -0.2) is 4.98 Å². The van der Waals surface area contributed by atoms with Gasteiger partial charge >= 0.3 is 0 Å². The van der Waals surface area contributed by atoms with Crippen LogP contribution >= 0.6 is 11.3 Å². The Balaban J connectivity index is 2.14. The summed E-state index contributed by atoms with van der Waals surface area (Å²) in [4.78, 5) is 14.4. The largest absolute Gasteiger partial charge is 0.431 e. The summed E-state index contributed by atoms with van der Waals surface area (Å²) in [6, 6.07) is 6.89. The molecule has 2 aromatic rings. The van der Waals surface area contributed by atoms with E-state index in [1.807, 2.05) is 5.38 Å². The molecule has 1 aromatic heterocycles. The van der Waals surface area contributed by atoms with E-state index in [2.05, 4.69) is 4.98 Å². The standard InChI is InChI=1S/C10H7NO2S/c12-7-8-1-3-9(4-2-8)13-10-11-5-6-14-10/h1-7H. The van der Waals surface area contributed by atoms with Crippen LogP contribution in [0.2, 0.25) is 0 Å². The first kappa shape index (κ1) is 8.90. The van der Waals surface area contributed by atoms with E-state index in [4.69, 9.17) is 4.74 Å². The average molecular weight is 205 g/mol. The molecule has 0 bridgehead atoms. The van der Waals surface area contributed by atoms with Gasteiger partial charge in [0, 0.05) is 17.1 Å². The predicted molar refractivity (Wildman–Crippen MR) is 54.0 cm³/mol. The first-order valence-electron chi connectivity index (χ1n) is 4.01. The van der Waals surface area contributed by atoms with Crippen LogP contribution in [0.25, 0.3) is 0 Å². The Bertz CT molecular complexity index is 408. The molecule has 0 N–H and O–H groups in total. The third-order valence-corrected chi connectivity index (χ3v) is 2.28. The average Bonchev–Trinajstić information content (AvgIpc) is 2.72. The van der Waals surface area contributed by atoms with Crippen molar-refractivity contribution in [1.29, 1.82) is 0 Å². The number of benzene rings is 1. The van der Waals surface area contributed by atoms with Crippen LogP contribution in [0.1, 0.15) is 10.4 Å². The fourth-order valence-electron chi connectivity index (χ4n) is 0.976. The molecule has 2 rings (SSSR count). The zero-order chi connectivity index (χ0) is 9.80. The van der Waals surface area contributed by atoms with Gasteiger partial charge < -0.3 is 4.74 Å². The summed E-state index contributed by atoms with van der Waals surface area (Å²) in [5.41, 5.74) is 0.636. The fraction of sp³-hybridized carbons (Fsp3) is 0. The maximum atomic E-state index is 10.4. The Morgan fingerprint density at radius 3 is 2.64 bits per heavy atom. The maximum absolute atomic E-state index is 10.4. The molecular weight excluding hydrogens is 198 g/mol. The highest BCUT2D eigenvalue weighted by Crippen LogP contribution is 2.22. The van der Waals surface area contributed by atoms with Crippen LogP contribution in [0.3, 0.4) is 0 Å². The van der Waals surface area contributed by atoms with Crippen molar-refractivity contribution >= 4 is 17.6 Å². The van der Waals surface area contributed by atoms with E-state index < -0.39 is 0 Å². The first-order valence-corrected chi connectivity index (χ1v) is 4.89. The van der Waals surface area contributed by atoms with Crippen LogP contribution in [-0.2, 0) is 0 Å². The third-order valence-electron chi connectivity index (χ3n) is 1.63. The highest BCUT2D eigenvalue weighted by Gasteiger charge is 1.98. The monoisotopic (exact) mass is 205 g/mol. The van der Waals surface area contributed by atoms with Gasteiger partial charge in [-0.2, -0.15) is 0 Å². The zero-order valence-corrected chi connectivity index (χ0v) is 8.03. The number of rotatable bonds is 3. The van der Waals surface area contributed by atoms with Crippen molar-refractivity contribution in [2.24, 2.45) is 0 Å². The Hall–Kier alpha value is -1.68. The number of thiazole rings is 1. The number of carbonyl (C=O) groups is 1. The van der Waals surface area contributed by atoms with Crippen LogP contribution in [0.15, 0.2) is 35.8 Å². The van der Waals surface area contributed by atoms with Crippen molar-refractivity contribution < 1.29 is 9.53 Å². The quantitative estimate of drug-likeness (QED) is 0.723. The number of aldehydes is 1. The van der Waals surface area contributed by atoms with Gasteiger partial charge in [-0.15, -0.1) is 0 Å². The zero-order valence-electron chi connectivity index (χ0n) is 7.21. The molecule has 1 aromatic carbocycles. The lowest BCUT2D eigenvalue weighted by molar-refractivity contribution is 0.112.